The molecule has 8 nitrogen and oxygen atoms in total. The number of carboxylic acid groups (broad SMARTS) is 1. The number of hydrogen-bond donors (Lipinski definition) is 3. The number of benzene rings is 3. The Morgan fingerprint density at radius 2 is 1.50 bits per heavy atom. The zero-order chi connectivity index (χ0) is 24.1. The second kappa shape index (κ2) is 9.99. The zero-order valence-corrected chi connectivity index (χ0v) is 18.1. The number of aliphatic carboxylic acids is 1. The van der Waals surface area contributed by atoms with Crippen LogP contribution in [-0.4, -0.2) is 42.0 Å². The molecule has 1 atom stereocenters. The Morgan fingerprint density at radius 3 is 2.12 bits per heavy atom. The van der Waals surface area contributed by atoms with E-state index in [1.807, 2.05) is 48.5 Å². The first kappa shape index (κ1) is 22.7. The van der Waals surface area contributed by atoms with E-state index in [1.54, 1.807) is 12.1 Å². The van der Waals surface area contributed by atoms with Crippen molar-refractivity contribution in [1.82, 2.24) is 5.32 Å². The molecule has 0 radical (unpaired) electrons. The average Bonchev–Trinajstić information content (AvgIpc) is 3.16. The Balaban J connectivity index is 1.45. The van der Waals surface area contributed by atoms with Gasteiger partial charge >= 0.3 is 12.1 Å². The minimum Gasteiger partial charge on any atom is -0.480 e. The van der Waals surface area contributed by atoms with E-state index in [-0.39, 0.29) is 30.2 Å². The molecule has 0 saturated carbocycles. The number of carboxylic acids is 1. The highest BCUT2D eigenvalue weighted by Gasteiger charge is 2.29. The van der Waals surface area contributed by atoms with E-state index >= 15 is 0 Å². The lowest BCUT2D eigenvalue weighted by molar-refractivity contribution is -0.140. The number of fused-ring (bicyclic) bond motifs is 3. The summed E-state index contributed by atoms with van der Waals surface area (Å²) >= 11 is 0. The number of Topliss-reactive ketones (excluding diaryl/α,β-unsaturated/α-hetero) is 1. The van der Waals surface area contributed by atoms with Gasteiger partial charge in [-0.25, -0.2) is 9.59 Å². The fourth-order valence-electron chi connectivity index (χ4n) is 4.17. The molecule has 3 aromatic rings. The molecular formula is C26H22N2O6. The van der Waals surface area contributed by atoms with Gasteiger partial charge in [-0.3, -0.25) is 14.9 Å². The molecule has 0 heterocycles. The molecule has 8 heteroatoms. The van der Waals surface area contributed by atoms with Crippen molar-refractivity contribution in [3.8, 4) is 11.1 Å². The molecule has 4 rings (SSSR count). The second-order valence-electron chi connectivity index (χ2n) is 7.80. The van der Waals surface area contributed by atoms with E-state index in [0.717, 1.165) is 22.3 Å². The number of carbonyl (C=O) groups is 4. The molecule has 0 spiro atoms. The van der Waals surface area contributed by atoms with Gasteiger partial charge in [0.05, 0.1) is 5.69 Å². The third-order valence-corrected chi connectivity index (χ3v) is 5.76. The van der Waals surface area contributed by atoms with Gasteiger partial charge in [0.15, 0.2) is 5.78 Å². The summed E-state index contributed by atoms with van der Waals surface area (Å²) < 4.78 is 5.52. The number of ether oxygens (including phenoxy) is 1. The van der Waals surface area contributed by atoms with Crippen LogP contribution in [0.4, 0.5) is 10.5 Å². The molecule has 0 saturated heterocycles. The fourth-order valence-corrected chi connectivity index (χ4v) is 4.17. The maximum atomic E-state index is 12.7. The van der Waals surface area contributed by atoms with Crippen molar-refractivity contribution < 1.29 is 29.0 Å². The van der Waals surface area contributed by atoms with Crippen LogP contribution < -0.4 is 10.6 Å². The summed E-state index contributed by atoms with van der Waals surface area (Å²) in [6.45, 7) is 0.111. The quantitative estimate of drug-likeness (QED) is 0.331. The number of carbonyl (C=O) groups excluding carboxylic acids is 3. The van der Waals surface area contributed by atoms with E-state index < -0.39 is 30.3 Å². The van der Waals surface area contributed by atoms with Gasteiger partial charge in [-0.15, -0.1) is 0 Å². The first-order valence-electron chi connectivity index (χ1n) is 10.7. The predicted octanol–water partition coefficient (Wildman–Crippen LogP) is 3.82. The van der Waals surface area contributed by atoms with Gasteiger partial charge < -0.3 is 15.2 Å². The summed E-state index contributed by atoms with van der Waals surface area (Å²) in [5.74, 6) is -1.99. The van der Waals surface area contributed by atoms with E-state index in [2.05, 4.69) is 10.6 Å². The zero-order valence-electron chi connectivity index (χ0n) is 18.1. The number of amides is 2. The lowest BCUT2D eigenvalue weighted by Crippen LogP contribution is -2.37. The Bertz CT molecular complexity index is 1210. The van der Waals surface area contributed by atoms with Crippen molar-refractivity contribution in [2.75, 3.05) is 11.9 Å². The highest BCUT2D eigenvalue weighted by molar-refractivity contribution is 6.05. The molecule has 1 aliphatic rings. The lowest BCUT2D eigenvalue weighted by Gasteiger charge is -2.16. The minimum atomic E-state index is -1.37. The van der Waals surface area contributed by atoms with Gasteiger partial charge in [0.2, 0.25) is 6.41 Å². The molecule has 3 aromatic carbocycles. The second-order valence-corrected chi connectivity index (χ2v) is 7.80. The number of anilines is 1. The molecule has 3 N–H and O–H groups in total. The van der Waals surface area contributed by atoms with Gasteiger partial charge in [0.1, 0.15) is 12.6 Å². The van der Waals surface area contributed by atoms with Gasteiger partial charge in [-0.1, -0.05) is 60.7 Å². The molecule has 0 unspecified atom stereocenters. The van der Waals surface area contributed by atoms with Crippen LogP contribution in [0.25, 0.3) is 11.1 Å². The Labute approximate surface area is 195 Å². The number of nitrogens with one attached hydrogen (secondary N) is 2. The number of hydrogen-bond acceptors (Lipinski definition) is 5. The molecular weight excluding hydrogens is 436 g/mol. The first-order chi connectivity index (χ1) is 16.5. The highest BCUT2D eigenvalue weighted by atomic mass is 16.5. The molecule has 0 bridgehead atoms. The van der Waals surface area contributed by atoms with Crippen LogP contribution in [0.5, 0.6) is 0 Å². The first-order valence-corrected chi connectivity index (χ1v) is 10.7. The van der Waals surface area contributed by atoms with Crippen LogP contribution in [0.15, 0.2) is 72.8 Å². The summed E-state index contributed by atoms with van der Waals surface area (Å²) in [6, 6.07) is 20.8. The predicted molar refractivity (Wildman–Crippen MR) is 125 cm³/mol. The maximum absolute atomic E-state index is 12.7. The van der Waals surface area contributed by atoms with Gasteiger partial charge in [-0.2, -0.15) is 0 Å². The molecule has 0 aromatic heterocycles. The molecule has 2 amide bonds. The smallest absolute Gasteiger partial charge is 0.411 e. The van der Waals surface area contributed by atoms with E-state index in [4.69, 9.17) is 9.84 Å². The SMILES string of the molecule is O=CN[C@@H](CC(=O)c1ccccc1NC(=O)OCC1c2ccccc2-c2ccccc21)C(=O)O. The van der Waals surface area contributed by atoms with Crippen LogP contribution >= 0.6 is 0 Å². The molecule has 0 aliphatic heterocycles. The van der Waals surface area contributed by atoms with Gasteiger partial charge in [0.25, 0.3) is 0 Å². The standard InChI is InChI=1S/C26H22N2O6/c29-15-27-23(25(31)32)13-24(30)20-11-5-6-12-22(20)28-26(33)34-14-21-18-9-3-1-7-16(18)17-8-2-4-10-19(17)21/h1-12,15,21,23H,13-14H2,(H,27,29)(H,28,33)(H,31,32)/t23-/m0/s1. The van der Waals surface area contributed by atoms with E-state index in [9.17, 15) is 19.2 Å². The van der Waals surface area contributed by atoms with Crippen LogP contribution in [0.2, 0.25) is 0 Å². The van der Waals surface area contributed by atoms with E-state index in [0.29, 0.717) is 0 Å². The molecule has 34 heavy (non-hydrogen) atoms. The molecule has 1 aliphatic carbocycles. The summed E-state index contributed by atoms with van der Waals surface area (Å²) in [5, 5.41) is 13.8. The van der Waals surface area contributed by atoms with Crippen LogP contribution in [-0.2, 0) is 14.3 Å². The van der Waals surface area contributed by atoms with Gasteiger partial charge in [0, 0.05) is 17.9 Å². The summed E-state index contributed by atoms with van der Waals surface area (Å²) in [5.41, 5.74) is 4.69. The van der Waals surface area contributed by atoms with Crippen molar-refractivity contribution in [3.63, 3.8) is 0 Å². The number of rotatable bonds is 9. The van der Waals surface area contributed by atoms with Crippen LogP contribution in [0.3, 0.4) is 0 Å². The lowest BCUT2D eigenvalue weighted by atomic mass is 9.98. The third-order valence-electron chi connectivity index (χ3n) is 5.76. The summed E-state index contributed by atoms with van der Waals surface area (Å²) in [4.78, 5) is 47.1. The Kier molecular flexibility index (Phi) is 6.68. The maximum Gasteiger partial charge on any atom is 0.411 e. The van der Waals surface area contributed by atoms with Crippen molar-refractivity contribution >= 4 is 29.9 Å². The fraction of sp³-hybridized carbons (Fsp3) is 0.154. The van der Waals surface area contributed by atoms with E-state index in [1.165, 1.54) is 12.1 Å². The summed E-state index contributed by atoms with van der Waals surface area (Å²) in [6.07, 6.45) is -0.965. The van der Waals surface area contributed by atoms with Crippen LogP contribution in [0.1, 0.15) is 33.8 Å². The van der Waals surface area contributed by atoms with Crippen molar-refractivity contribution in [1.29, 1.82) is 0 Å². The largest absolute Gasteiger partial charge is 0.480 e. The van der Waals surface area contributed by atoms with Crippen LogP contribution in [0, 0.1) is 0 Å². The van der Waals surface area contributed by atoms with Gasteiger partial charge in [-0.05, 0) is 34.4 Å². The van der Waals surface area contributed by atoms with Crippen molar-refractivity contribution in [3.05, 3.63) is 89.5 Å². The van der Waals surface area contributed by atoms with Crippen molar-refractivity contribution in [2.45, 2.75) is 18.4 Å². The average molecular weight is 458 g/mol. The molecule has 0 fully saturated rings. The number of para-hydroxylation sites is 1. The Hall–Kier alpha value is -4.46. The Morgan fingerprint density at radius 1 is 0.912 bits per heavy atom. The minimum absolute atomic E-state index is 0.110. The topological polar surface area (TPSA) is 122 Å². The summed E-state index contributed by atoms with van der Waals surface area (Å²) in [7, 11) is 0. The third kappa shape index (κ3) is 4.66. The van der Waals surface area contributed by atoms with Crippen molar-refractivity contribution in [2.24, 2.45) is 0 Å². The monoisotopic (exact) mass is 458 g/mol. The molecule has 172 valence electrons. The normalized spacial score (nSPS) is 12.7. The highest BCUT2D eigenvalue weighted by Crippen LogP contribution is 2.44. The number of ketones is 1.